The predicted octanol–water partition coefficient (Wildman–Crippen LogP) is 2.56. The molecule has 0 amide bonds. The van der Waals surface area contributed by atoms with Gasteiger partial charge >= 0.3 is 5.97 Å². The van der Waals surface area contributed by atoms with E-state index >= 15 is 0 Å². The number of nitrogens with two attached hydrogens (primary N) is 1. The topological polar surface area (TPSA) is 75.3 Å². The number of benzene rings is 1. The monoisotopic (exact) mass is 262 g/mol. The van der Waals surface area contributed by atoms with Crippen LogP contribution in [0.1, 0.15) is 43.6 Å². The molecule has 1 unspecified atom stereocenters. The van der Waals surface area contributed by atoms with Gasteiger partial charge in [0, 0.05) is 12.2 Å². The van der Waals surface area contributed by atoms with Crippen molar-refractivity contribution in [2.75, 3.05) is 11.9 Å². The van der Waals surface area contributed by atoms with E-state index in [-0.39, 0.29) is 6.54 Å². The fraction of sp³-hybridized carbons (Fsp3) is 0.533. The van der Waals surface area contributed by atoms with Crippen LogP contribution in [0.15, 0.2) is 24.3 Å². The van der Waals surface area contributed by atoms with Crippen LogP contribution in [0.4, 0.5) is 5.69 Å². The van der Waals surface area contributed by atoms with Crippen LogP contribution < -0.4 is 11.1 Å². The normalized spacial score (nSPS) is 17.9. The number of hydrogen-bond acceptors (Lipinski definition) is 3. The molecule has 4 N–H and O–H groups in total. The molecule has 1 atom stereocenters. The van der Waals surface area contributed by atoms with E-state index in [4.69, 9.17) is 10.8 Å². The fourth-order valence-electron chi connectivity index (χ4n) is 2.62. The predicted molar refractivity (Wildman–Crippen MR) is 76.4 cm³/mol. The van der Waals surface area contributed by atoms with Gasteiger partial charge in [-0.25, -0.2) is 0 Å². The second-order valence-corrected chi connectivity index (χ2v) is 5.28. The first kappa shape index (κ1) is 13.9. The highest BCUT2D eigenvalue weighted by Gasteiger charge is 2.15. The average molecular weight is 262 g/mol. The summed E-state index contributed by atoms with van der Waals surface area (Å²) in [6, 6.07) is 7.45. The van der Waals surface area contributed by atoms with E-state index < -0.39 is 12.0 Å². The first-order valence-corrected chi connectivity index (χ1v) is 6.99. The van der Waals surface area contributed by atoms with Gasteiger partial charge in [-0.2, -0.15) is 0 Å². The molecule has 1 fully saturated rings. The summed E-state index contributed by atoms with van der Waals surface area (Å²) < 4.78 is 0. The van der Waals surface area contributed by atoms with Crippen molar-refractivity contribution in [1.29, 1.82) is 0 Å². The SMILES string of the molecule is NC(CNc1ccc(C2CCCCC2)cc1)C(=O)O. The minimum atomic E-state index is -0.980. The van der Waals surface area contributed by atoms with E-state index in [9.17, 15) is 4.79 Å². The van der Waals surface area contributed by atoms with Crippen molar-refractivity contribution in [3.05, 3.63) is 29.8 Å². The third kappa shape index (κ3) is 3.96. The van der Waals surface area contributed by atoms with E-state index in [1.807, 2.05) is 12.1 Å². The molecule has 4 nitrogen and oxygen atoms in total. The van der Waals surface area contributed by atoms with Crippen LogP contribution in [-0.4, -0.2) is 23.7 Å². The van der Waals surface area contributed by atoms with Crippen LogP contribution in [0.2, 0.25) is 0 Å². The number of aliphatic carboxylic acids is 1. The summed E-state index contributed by atoms with van der Waals surface area (Å²) in [6.45, 7) is 0.248. The Morgan fingerprint density at radius 1 is 1.26 bits per heavy atom. The zero-order valence-electron chi connectivity index (χ0n) is 11.1. The maximum absolute atomic E-state index is 10.6. The Bertz CT molecular complexity index is 411. The van der Waals surface area contributed by atoms with Gasteiger partial charge in [0.25, 0.3) is 0 Å². The minimum absolute atomic E-state index is 0.248. The standard InChI is InChI=1S/C15H22N2O2/c16-14(15(18)19)10-17-13-8-6-12(7-9-13)11-4-2-1-3-5-11/h6-9,11,14,17H,1-5,10,16H2,(H,18,19). The summed E-state index contributed by atoms with van der Waals surface area (Å²) in [6.07, 6.45) is 6.60. The van der Waals surface area contributed by atoms with Gasteiger partial charge < -0.3 is 16.2 Å². The number of nitrogens with one attached hydrogen (secondary N) is 1. The van der Waals surface area contributed by atoms with Gasteiger partial charge in [-0.3, -0.25) is 4.79 Å². The number of hydrogen-bond donors (Lipinski definition) is 3. The number of carboxylic acid groups (broad SMARTS) is 1. The number of carbonyl (C=O) groups is 1. The molecule has 1 aromatic carbocycles. The smallest absolute Gasteiger partial charge is 0.322 e. The highest BCUT2D eigenvalue weighted by molar-refractivity contribution is 5.74. The van der Waals surface area contributed by atoms with E-state index in [0.29, 0.717) is 5.92 Å². The molecule has 0 aliphatic heterocycles. The van der Waals surface area contributed by atoms with Gasteiger partial charge in [-0.1, -0.05) is 31.4 Å². The minimum Gasteiger partial charge on any atom is -0.480 e. The highest BCUT2D eigenvalue weighted by atomic mass is 16.4. The molecule has 1 aliphatic rings. The van der Waals surface area contributed by atoms with Crippen molar-refractivity contribution in [2.45, 2.75) is 44.1 Å². The van der Waals surface area contributed by atoms with Crippen molar-refractivity contribution >= 4 is 11.7 Å². The molecular weight excluding hydrogens is 240 g/mol. The third-order valence-electron chi connectivity index (χ3n) is 3.83. The molecular formula is C15H22N2O2. The summed E-state index contributed by atoms with van der Waals surface area (Å²) in [5.41, 5.74) is 7.77. The molecule has 1 saturated carbocycles. The van der Waals surface area contributed by atoms with Crippen LogP contribution >= 0.6 is 0 Å². The number of anilines is 1. The molecule has 2 rings (SSSR count). The number of rotatable bonds is 5. The highest BCUT2D eigenvalue weighted by Crippen LogP contribution is 2.32. The average Bonchev–Trinajstić information content (AvgIpc) is 2.46. The van der Waals surface area contributed by atoms with Crippen LogP contribution in [-0.2, 0) is 4.79 Å². The maximum Gasteiger partial charge on any atom is 0.322 e. The molecule has 104 valence electrons. The van der Waals surface area contributed by atoms with Crippen LogP contribution in [0.3, 0.4) is 0 Å². The van der Waals surface area contributed by atoms with Crippen LogP contribution in [0.25, 0.3) is 0 Å². The quantitative estimate of drug-likeness (QED) is 0.762. The lowest BCUT2D eigenvalue weighted by atomic mass is 9.84. The zero-order valence-corrected chi connectivity index (χ0v) is 11.1. The second-order valence-electron chi connectivity index (χ2n) is 5.28. The fourth-order valence-corrected chi connectivity index (χ4v) is 2.62. The van der Waals surface area contributed by atoms with E-state index in [1.54, 1.807) is 0 Å². The molecule has 1 aliphatic carbocycles. The molecule has 0 aromatic heterocycles. The van der Waals surface area contributed by atoms with Gasteiger partial charge in [-0.05, 0) is 36.5 Å². The first-order valence-electron chi connectivity index (χ1n) is 6.99. The molecule has 0 radical (unpaired) electrons. The Morgan fingerprint density at radius 3 is 2.47 bits per heavy atom. The molecule has 4 heteroatoms. The Kier molecular flexibility index (Phi) is 4.80. The van der Waals surface area contributed by atoms with Gasteiger partial charge in [-0.15, -0.1) is 0 Å². The molecule has 19 heavy (non-hydrogen) atoms. The lowest BCUT2D eigenvalue weighted by Crippen LogP contribution is -2.36. The zero-order chi connectivity index (χ0) is 13.7. The van der Waals surface area contributed by atoms with Crippen LogP contribution in [0.5, 0.6) is 0 Å². The van der Waals surface area contributed by atoms with Gasteiger partial charge in [0.15, 0.2) is 0 Å². The van der Waals surface area contributed by atoms with Crippen molar-refractivity contribution in [1.82, 2.24) is 0 Å². The summed E-state index contributed by atoms with van der Waals surface area (Å²) in [5.74, 6) is -0.282. The summed E-state index contributed by atoms with van der Waals surface area (Å²) >= 11 is 0. The van der Waals surface area contributed by atoms with Gasteiger partial charge in [0.05, 0.1) is 0 Å². The van der Waals surface area contributed by atoms with Crippen molar-refractivity contribution in [3.8, 4) is 0 Å². The summed E-state index contributed by atoms with van der Waals surface area (Å²) in [4.78, 5) is 10.6. The van der Waals surface area contributed by atoms with Crippen molar-refractivity contribution in [2.24, 2.45) is 5.73 Å². The molecule has 0 heterocycles. The Balaban J connectivity index is 1.89. The molecule has 0 saturated heterocycles. The number of carboxylic acids is 1. The summed E-state index contributed by atoms with van der Waals surface area (Å²) in [5, 5.41) is 11.8. The van der Waals surface area contributed by atoms with E-state index in [0.717, 1.165) is 5.69 Å². The first-order chi connectivity index (χ1) is 9.16. The molecule has 1 aromatic rings. The van der Waals surface area contributed by atoms with Gasteiger partial charge in [0.2, 0.25) is 0 Å². The Labute approximate surface area is 114 Å². The van der Waals surface area contributed by atoms with Gasteiger partial charge in [0.1, 0.15) is 6.04 Å². The lowest BCUT2D eigenvalue weighted by molar-refractivity contribution is -0.138. The van der Waals surface area contributed by atoms with Crippen molar-refractivity contribution in [3.63, 3.8) is 0 Å². The van der Waals surface area contributed by atoms with E-state index in [1.165, 1.54) is 37.7 Å². The third-order valence-corrected chi connectivity index (χ3v) is 3.83. The second kappa shape index (κ2) is 6.57. The maximum atomic E-state index is 10.6. The lowest BCUT2D eigenvalue weighted by Gasteiger charge is -2.22. The Morgan fingerprint density at radius 2 is 1.89 bits per heavy atom. The largest absolute Gasteiger partial charge is 0.480 e. The molecule has 0 bridgehead atoms. The van der Waals surface area contributed by atoms with Crippen LogP contribution in [0, 0.1) is 0 Å². The Hall–Kier alpha value is -1.55. The molecule has 0 spiro atoms. The summed E-state index contributed by atoms with van der Waals surface area (Å²) in [7, 11) is 0. The van der Waals surface area contributed by atoms with E-state index in [2.05, 4.69) is 17.4 Å². The van der Waals surface area contributed by atoms with Crippen molar-refractivity contribution < 1.29 is 9.90 Å².